The third-order valence-corrected chi connectivity index (χ3v) is 7.64. The first-order valence-corrected chi connectivity index (χ1v) is 12.3. The molecule has 198 valence electrons. The molecule has 1 heterocycles. The van der Waals surface area contributed by atoms with E-state index in [4.69, 9.17) is 9.47 Å². The summed E-state index contributed by atoms with van der Waals surface area (Å²) < 4.78 is 54.0. The molecule has 1 saturated heterocycles. The lowest BCUT2D eigenvalue weighted by molar-refractivity contribution is 0.0667. The molecule has 1 unspecified atom stereocenters. The lowest BCUT2D eigenvalue weighted by Gasteiger charge is -2.33. The van der Waals surface area contributed by atoms with Crippen molar-refractivity contribution in [2.24, 2.45) is 5.41 Å². The molecule has 38 heavy (non-hydrogen) atoms. The molecule has 1 saturated carbocycles. The highest BCUT2D eigenvalue weighted by atomic mass is 19.1. The van der Waals surface area contributed by atoms with Crippen LogP contribution >= 0.6 is 0 Å². The maximum Gasteiger partial charge on any atom is 0.257 e. The van der Waals surface area contributed by atoms with Gasteiger partial charge in [-0.15, -0.1) is 0 Å². The Balaban J connectivity index is 1.22. The van der Waals surface area contributed by atoms with E-state index in [1.807, 2.05) is 30.3 Å². The average Bonchev–Trinajstić information content (AvgIpc) is 3.59. The van der Waals surface area contributed by atoms with Crippen molar-refractivity contribution >= 4 is 11.8 Å². The number of amides is 2. The number of hydrogen-bond donors (Lipinski definition) is 1. The Labute approximate surface area is 218 Å². The van der Waals surface area contributed by atoms with Gasteiger partial charge in [-0.3, -0.25) is 9.59 Å². The molecule has 1 aliphatic heterocycles. The van der Waals surface area contributed by atoms with Gasteiger partial charge in [0.15, 0.2) is 23.1 Å². The van der Waals surface area contributed by atoms with Crippen LogP contribution in [0.5, 0.6) is 11.5 Å². The fourth-order valence-electron chi connectivity index (χ4n) is 5.26. The van der Waals surface area contributed by atoms with E-state index in [0.29, 0.717) is 37.9 Å². The average molecular weight is 525 g/mol. The Morgan fingerprint density at radius 2 is 1.55 bits per heavy atom. The number of nitrogens with one attached hydrogen (secondary N) is 1. The lowest BCUT2D eigenvalue weighted by atomic mass is 9.92. The Kier molecular flexibility index (Phi) is 6.77. The Hall–Kier alpha value is -4.01. The van der Waals surface area contributed by atoms with Crippen molar-refractivity contribution in [3.63, 3.8) is 0 Å². The molecule has 1 N–H and O–H groups in total. The van der Waals surface area contributed by atoms with Gasteiger partial charge in [-0.2, -0.15) is 0 Å². The van der Waals surface area contributed by atoms with Crippen molar-refractivity contribution < 1.29 is 32.2 Å². The van der Waals surface area contributed by atoms with E-state index < -0.39 is 28.9 Å². The molecule has 9 heteroatoms. The first-order chi connectivity index (χ1) is 18.3. The Bertz CT molecular complexity index is 1360. The zero-order valence-corrected chi connectivity index (χ0v) is 21.0. The van der Waals surface area contributed by atoms with Gasteiger partial charge in [-0.05, 0) is 42.4 Å². The number of rotatable bonds is 6. The van der Waals surface area contributed by atoms with Crippen molar-refractivity contribution in [1.82, 2.24) is 10.2 Å². The number of nitrogens with zero attached hydrogens (tertiary/aromatic N) is 1. The topological polar surface area (TPSA) is 67.9 Å². The molecule has 2 amide bonds. The first kappa shape index (κ1) is 25.6. The van der Waals surface area contributed by atoms with E-state index in [1.165, 1.54) is 20.3 Å². The van der Waals surface area contributed by atoms with Crippen molar-refractivity contribution in [3.8, 4) is 22.6 Å². The molecule has 0 radical (unpaired) electrons. The molecule has 6 nitrogen and oxygen atoms in total. The molecule has 1 aliphatic carbocycles. The van der Waals surface area contributed by atoms with Gasteiger partial charge in [0, 0.05) is 36.3 Å². The predicted octanol–water partition coefficient (Wildman–Crippen LogP) is 5.21. The van der Waals surface area contributed by atoms with E-state index in [-0.39, 0.29) is 34.4 Å². The molecule has 0 aromatic heterocycles. The largest absolute Gasteiger partial charge is 0.494 e. The molecular weight excluding hydrogens is 497 g/mol. The van der Waals surface area contributed by atoms with Gasteiger partial charge in [0.25, 0.3) is 11.8 Å². The summed E-state index contributed by atoms with van der Waals surface area (Å²) >= 11 is 0. The van der Waals surface area contributed by atoms with Crippen LogP contribution in [-0.2, 0) is 0 Å². The summed E-state index contributed by atoms with van der Waals surface area (Å²) in [5.41, 5.74) is 0.439. The van der Waals surface area contributed by atoms with Crippen LogP contribution in [0.1, 0.15) is 40.0 Å². The normalized spacial score (nSPS) is 17.7. The minimum Gasteiger partial charge on any atom is -0.494 e. The van der Waals surface area contributed by atoms with Crippen LogP contribution in [-0.4, -0.2) is 50.1 Å². The maximum atomic E-state index is 14.8. The molecular formula is C29H27F3N2O4. The number of halogens is 3. The van der Waals surface area contributed by atoms with E-state index in [9.17, 15) is 22.8 Å². The van der Waals surface area contributed by atoms with Gasteiger partial charge in [0.1, 0.15) is 11.4 Å². The summed E-state index contributed by atoms with van der Waals surface area (Å²) in [5, 5.41) is 2.74. The SMILES string of the molecule is COc1cc(OC)c(F)c(C(=O)NC2CC23CCN(C(=O)c2ccc(-c4ccccc4)c(F)c2)CC3)c1F. The van der Waals surface area contributed by atoms with Crippen LogP contribution in [0.15, 0.2) is 54.6 Å². The second kappa shape index (κ2) is 10.0. The number of likely N-dealkylation sites (tertiary alicyclic amines) is 1. The van der Waals surface area contributed by atoms with Crippen molar-refractivity contribution in [2.75, 3.05) is 27.3 Å². The highest BCUT2D eigenvalue weighted by Gasteiger charge is 2.56. The number of hydrogen-bond acceptors (Lipinski definition) is 4. The van der Waals surface area contributed by atoms with E-state index in [2.05, 4.69) is 5.32 Å². The zero-order chi connectivity index (χ0) is 27.0. The summed E-state index contributed by atoms with van der Waals surface area (Å²) in [7, 11) is 2.43. The number of piperidine rings is 1. The van der Waals surface area contributed by atoms with Crippen molar-refractivity contribution in [1.29, 1.82) is 0 Å². The Morgan fingerprint density at radius 3 is 2.13 bits per heavy atom. The number of ether oxygens (including phenoxy) is 2. The van der Waals surface area contributed by atoms with Crippen LogP contribution < -0.4 is 14.8 Å². The zero-order valence-electron chi connectivity index (χ0n) is 21.0. The fraction of sp³-hybridized carbons (Fsp3) is 0.310. The minimum absolute atomic E-state index is 0.245. The van der Waals surface area contributed by atoms with Crippen LogP contribution in [0.4, 0.5) is 13.2 Å². The third kappa shape index (κ3) is 4.57. The molecule has 1 spiro atoms. The monoisotopic (exact) mass is 524 g/mol. The maximum absolute atomic E-state index is 14.8. The summed E-state index contributed by atoms with van der Waals surface area (Å²) in [6.07, 6.45) is 1.87. The fourth-order valence-corrected chi connectivity index (χ4v) is 5.26. The van der Waals surface area contributed by atoms with E-state index in [1.54, 1.807) is 17.0 Å². The second-order valence-corrected chi connectivity index (χ2v) is 9.73. The number of carbonyl (C=O) groups is 2. The molecule has 2 aliphatic rings. The number of carbonyl (C=O) groups excluding carboxylic acids is 2. The molecule has 0 bridgehead atoms. The molecule has 3 aromatic rings. The standard InChI is InChI=1S/C29H27F3N2O4/c1-37-21-15-22(38-2)26(32)24(25(21)31)27(35)33-23-16-29(23)10-12-34(13-11-29)28(36)18-8-9-19(20(30)14-18)17-6-4-3-5-7-17/h3-9,14-15,23H,10-13,16H2,1-2H3,(H,33,35). The van der Waals surface area contributed by atoms with Gasteiger partial charge in [0.2, 0.25) is 0 Å². The molecule has 3 aromatic carbocycles. The van der Waals surface area contributed by atoms with E-state index in [0.717, 1.165) is 11.6 Å². The van der Waals surface area contributed by atoms with Crippen LogP contribution in [0.25, 0.3) is 11.1 Å². The lowest BCUT2D eigenvalue weighted by Crippen LogP contribution is -2.42. The highest BCUT2D eigenvalue weighted by Crippen LogP contribution is 2.54. The summed E-state index contributed by atoms with van der Waals surface area (Å²) in [6.45, 7) is 0.867. The Morgan fingerprint density at radius 1 is 0.921 bits per heavy atom. The number of methoxy groups -OCH3 is 2. The van der Waals surface area contributed by atoms with Gasteiger partial charge in [-0.1, -0.05) is 36.4 Å². The van der Waals surface area contributed by atoms with E-state index >= 15 is 0 Å². The third-order valence-electron chi connectivity index (χ3n) is 7.64. The summed E-state index contributed by atoms with van der Waals surface area (Å²) in [4.78, 5) is 27.5. The van der Waals surface area contributed by atoms with Crippen LogP contribution in [0.2, 0.25) is 0 Å². The van der Waals surface area contributed by atoms with Crippen LogP contribution in [0, 0.1) is 22.9 Å². The van der Waals surface area contributed by atoms with Gasteiger partial charge >= 0.3 is 0 Å². The molecule has 5 rings (SSSR count). The van der Waals surface area contributed by atoms with Crippen LogP contribution in [0.3, 0.4) is 0 Å². The van der Waals surface area contributed by atoms with Crippen molar-refractivity contribution in [2.45, 2.75) is 25.3 Å². The smallest absolute Gasteiger partial charge is 0.257 e. The quantitative estimate of drug-likeness (QED) is 0.481. The minimum atomic E-state index is -1.09. The van der Waals surface area contributed by atoms with Gasteiger partial charge < -0.3 is 19.7 Å². The second-order valence-electron chi connectivity index (χ2n) is 9.73. The summed E-state index contributed by atoms with van der Waals surface area (Å²) in [6, 6.07) is 14.4. The van der Waals surface area contributed by atoms with Gasteiger partial charge in [-0.25, -0.2) is 13.2 Å². The highest BCUT2D eigenvalue weighted by molar-refractivity contribution is 5.96. The molecule has 2 fully saturated rings. The van der Waals surface area contributed by atoms with Gasteiger partial charge in [0.05, 0.1) is 14.2 Å². The predicted molar refractivity (Wildman–Crippen MR) is 135 cm³/mol. The molecule has 1 atom stereocenters. The van der Waals surface area contributed by atoms with Crippen molar-refractivity contribution in [3.05, 3.63) is 83.2 Å². The first-order valence-electron chi connectivity index (χ1n) is 12.3. The summed E-state index contributed by atoms with van der Waals surface area (Å²) in [5.74, 6) is -4.38. The number of benzene rings is 3.